The van der Waals surface area contributed by atoms with Crippen molar-refractivity contribution in [3.63, 3.8) is 0 Å². The Morgan fingerprint density at radius 3 is 2.62 bits per heavy atom. The summed E-state index contributed by atoms with van der Waals surface area (Å²) in [6.07, 6.45) is 8.48. The van der Waals surface area contributed by atoms with E-state index < -0.39 is 0 Å². The fraction of sp³-hybridized carbons (Fsp3) is 1.00. The molecule has 2 N–H and O–H groups in total. The Balaban J connectivity index is 2.07. The molecule has 0 aromatic heterocycles. The zero-order chi connectivity index (χ0) is 9.52. The van der Waals surface area contributed by atoms with Crippen LogP contribution in [-0.4, -0.2) is 17.5 Å². The van der Waals surface area contributed by atoms with Gasteiger partial charge in [0, 0.05) is 11.8 Å². The van der Waals surface area contributed by atoms with Gasteiger partial charge in [-0.3, -0.25) is 0 Å². The Hall–Kier alpha value is 0.310. The van der Waals surface area contributed by atoms with Crippen molar-refractivity contribution >= 4 is 11.8 Å². The van der Waals surface area contributed by atoms with Gasteiger partial charge in [0.1, 0.15) is 0 Å². The molecule has 1 unspecified atom stereocenters. The van der Waals surface area contributed by atoms with E-state index in [1.165, 1.54) is 44.3 Å². The van der Waals surface area contributed by atoms with Crippen molar-refractivity contribution in [2.24, 2.45) is 11.7 Å². The van der Waals surface area contributed by atoms with Gasteiger partial charge in [0.15, 0.2) is 0 Å². The number of nitrogens with two attached hydrogens (primary N) is 1. The number of thioether (sulfide) groups is 1. The van der Waals surface area contributed by atoms with Gasteiger partial charge in [-0.15, -0.1) is 0 Å². The van der Waals surface area contributed by atoms with Crippen LogP contribution in [0.3, 0.4) is 0 Å². The maximum absolute atomic E-state index is 6.07. The van der Waals surface area contributed by atoms with E-state index in [1.807, 2.05) is 11.8 Å². The molecule has 78 valence electrons. The molecule has 2 heteroatoms. The summed E-state index contributed by atoms with van der Waals surface area (Å²) >= 11 is 1.98. The van der Waals surface area contributed by atoms with Crippen LogP contribution in [0.4, 0.5) is 0 Å². The lowest BCUT2D eigenvalue weighted by Crippen LogP contribution is -2.27. The van der Waals surface area contributed by atoms with E-state index in [0.29, 0.717) is 6.04 Å². The normalized spacial score (nSPS) is 21.7. The van der Waals surface area contributed by atoms with Crippen LogP contribution >= 0.6 is 11.8 Å². The SMILES string of the molecule is CCSCC(N)CC1CCCCC1. The van der Waals surface area contributed by atoms with E-state index >= 15 is 0 Å². The van der Waals surface area contributed by atoms with Crippen molar-refractivity contribution in [3.05, 3.63) is 0 Å². The molecule has 0 aliphatic heterocycles. The zero-order valence-electron chi connectivity index (χ0n) is 8.80. The van der Waals surface area contributed by atoms with Gasteiger partial charge in [-0.25, -0.2) is 0 Å². The molecule has 1 nitrogen and oxygen atoms in total. The molecule has 1 saturated carbocycles. The summed E-state index contributed by atoms with van der Waals surface area (Å²) in [5.74, 6) is 3.31. The van der Waals surface area contributed by atoms with Gasteiger partial charge in [0.2, 0.25) is 0 Å². The molecule has 1 fully saturated rings. The monoisotopic (exact) mass is 201 g/mol. The Labute approximate surface area is 86.8 Å². The van der Waals surface area contributed by atoms with Crippen molar-refractivity contribution in [2.45, 2.75) is 51.5 Å². The molecule has 0 radical (unpaired) electrons. The van der Waals surface area contributed by atoms with Gasteiger partial charge >= 0.3 is 0 Å². The lowest BCUT2D eigenvalue weighted by molar-refractivity contribution is 0.324. The highest BCUT2D eigenvalue weighted by Gasteiger charge is 2.16. The fourth-order valence-corrected chi connectivity index (χ4v) is 2.86. The van der Waals surface area contributed by atoms with Crippen LogP contribution in [0.2, 0.25) is 0 Å². The third-order valence-electron chi connectivity index (χ3n) is 2.90. The number of hydrogen-bond acceptors (Lipinski definition) is 2. The van der Waals surface area contributed by atoms with Gasteiger partial charge in [0.05, 0.1) is 0 Å². The average molecular weight is 201 g/mol. The molecule has 0 spiro atoms. The van der Waals surface area contributed by atoms with Crippen LogP contribution in [0, 0.1) is 5.92 Å². The van der Waals surface area contributed by atoms with Gasteiger partial charge < -0.3 is 5.73 Å². The summed E-state index contributed by atoms with van der Waals surface area (Å²) in [6, 6.07) is 0.452. The van der Waals surface area contributed by atoms with Crippen LogP contribution in [0.1, 0.15) is 45.4 Å². The molecule has 13 heavy (non-hydrogen) atoms. The van der Waals surface area contributed by atoms with Crippen LogP contribution < -0.4 is 5.73 Å². The number of rotatable bonds is 5. The summed E-state index contributed by atoms with van der Waals surface area (Å²) in [5.41, 5.74) is 6.07. The van der Waals surface area contributed by atoms with E-state index in [2.05, 4.69) is 6.92 Å². The Morgan fingerprint density at radius 2 is 2.00 bits per heavy atom. The van der Waals surface area contributed by atoms with E-state index in [4.69, 9.17) is 5.73 Å². The third-order valence-corrected chi connectivity index (χ3v) is 3.97. The van der Waals surface area contributed by atoms with E-state index in [9.17, 15) is 0 Å². The second-order valence-corrected chi connectivity index (χ2v) is 5.48. The Morgan fingerprint density at radius 1 is 1.31 bits per heavy atom. The maximum atomic E-state index is 6.07. The van der Waals surface area contributed by atoms with E-state index in [0.717, 1.165) is 11.7 Å². The van der Waals surface area contributed by atoms with Crippen molar-refractivity contribution in [1.82, 2.24) is 0 Å². The van der Waals surface area contributed by atoms with Crippen molar-refractivity contribution < 1.29 is 0 Å². The average Bonchev–Trinajstić information content (AvgIpc) is 2.16. The molecule has 0 amide bonds. The summed E-state index contributed by atoms with van der Waals surface area (Å²) in [5, 5.41) is 0. The van der Waals surface area contributed by atoms with E-state index in [1.54, 1.807) is 0 Å². The summed E-state index contributed by atoms with van der Waals surface area (Å²) in [7, 11) is 0. The zero-order valence-corrected chi connectivity index (χ0v) is 9.61. The molecular formula is C11H23NS. The van der Waals surface area contributed by atoms with Crippen molar-refractivity contribution in [3.8, 4) is 0 Å². The van der Waals surface area contributed by atoms with Crippen molar-refractivity contribution in [1.29, 1.82) is 0 Å². The second kappa shape index (κ2) is 6.72. The quantitative estimate of drug-likeness (QED) is 0.740. The molecule has 0 bridgehead atoms. The molecule has 1 aliphatic carbocycles. The second-order valence-electron chi connectivity index (χ2n) is 4.16. The first-order valence-electron chi connectivity index (χ1n) is 5.66. The predicted octanol–water partition coefficient (Wildman–Crippen LogP) is 3.04. The number of hydrogen-bond donors (Lipinski definition) is 1. The molecule has 0 aromatic carbocycles. The van der Waals surface area contributed by atoms with Crippen LogP contribution in [0.5, 0.6) is 0 Å². The summed E-state index contributed by atoms with van der Waals surface area (Å²) < 4.78 is 0. The molecule has 0 aromatic rings. The van der Waals surface area contributed by atoms with Crippen molar-refractivity contribution in [2.75, 3.05) is 11.5 Å². The van der Waals surface area contributed by atoms with Gasteiger partial charge in [-0.2, -0.15) is 11.8 Å². The molecular weight excluding hydrogens is 178 g/mol. The van der Waals surface area contributed by atoms with Gasteiger partial charge in [-0.05, 0) is 18.1 Å². The van der Waals surface area contributed by atoms with Gasteiger partial charge in [0.25, 0.3) is 0 Å². The molecule has 0 heterocycles. The Bertz CT molecular complexity index is 121. The first kappa shape index (κ1) is 11.4. The molecule has 0 saturated heterocycles. The predicted molar refractivity (Wildman–Crippen MR) is 62.2 cm³/mol. The maximum Gasteiger partial charge on any atom is 0.0133 e. The summed E-state index contributed by atoms with van der Waals surface area (Å²) in [6.45, 7) is 2.21. The van der Waals surface area contributed by atoms with Crippen LogP contribution in [-0.2, 0) is 0 Å². The Kier molecular flexibility index (Phi) is 5.88. The first-order chi connectivity index (χ1) is 6.33. The first-order valence-corrected chi connectivity index (χ1v) is 6.81. The largest absolute Gasteiger partial charge is 0.327 e. The van der Waals surface area contributed by atoms with E-state index in [-0.39, 0.29) is 0 Å². The summed E-state index contributed by atoms with van der Waals surface area (Å²) in [4.78, 5) is 0. The third kappa shape index (κ3) is 4.92. The van der Waals surface area contributed by atoms with Crippen LogP contribution in [0.25, 0.3) is 0 Å². The molecule has 1 rings (SSSR count). The highest BCUT2D eigenvalue weighted by Crippen LogP contribution is 2.27. The lowest BCUT2D eigenvalue weighted by atomic mass is 9.85. The minimum atomic E-state index is 0.452. The molecule has 1 atom stereocenters. The minimum Gasteiger partial charge on any atom is -0.327 e. The topological polar surface area (TPSA) is 26.0 Å². The minimum absolute atomic E-state index is 0.452. The lowest BCUT2D eigenvalue weighted by Gasteiger charge is -2.24. The fourth-order valence-electron chi connectivity index (χ4n) is 2.19. The van der Waals surface area contributed by atoms with Crippen LogP contribution in [0.15, 0.2) is 0 Å². The smallest absolute Gasteiger partial charge is 0.0133 e. The highest BCUT2D eigenvalue weighted by molar-refractivity contribution is 7.99. The highest BCUT2D eigenvalue weighted by atomic mass is 32.2. The van der Waals surface area contributed by atoms with Gasteiger partial charge in [-0.1, -0.05) is 39.0 Å². The standard InChI is InChI=1S/C11H23NS/c1-2-13-9-11(12)8-10-6-4-3-5-7-10/h10-11H,2-9,12H2,1H3. The molecule has 1 aliphatic rings.